The van der Waals surface area contributed by atoms with E-state index < -0.39 is 10.7 Å². The van der Waals surface area contributed by atoms with Crippen molar-refractivity contribution in [2.24, 2.45) is 0 Å². The predicted octanol–water partition coefficient (Wildman–Crippen LogP) is 3.18. The van der Waals surface area contributed by atoms with E-state index in [0.29, 0.717) is 13.0 Å². The molecule has 2 aliphatic rings. The average Bonchev–Trinajstić information content (AvgIpc) is 3.22. The molecule has 136 valence electrons. The van der Waals surface area contributed by atoms with Crippen LogP contribution in [0.1, 0.15) is 38.5 Å². The molecule has 1 aromatic carbocycles. The number of hydrogen-bond donors (Lipinski definition) is 1. The molecule has 1 aliphatic carbocycles. The van der Waals surface area contributed by atoms with Gasteiger partial charge in [0.05, 0.1) is 17.3 Å². The number of methoxy groups -OCH3 is 1. The number of thioether (sulfide) groups is 1. The smallest absolute Gasteiger partial charge is 0.305 e. The summed E-state index contributed by atoms with van der Waals surface area (Å²) >= 11 is 1.64. The Kier molecular flexibility index (Phi) is 5.69. The van der Waals surface area contributed by atoms with Crippen LogP contribution in [-0.4, -0.2) is 52.4 Å². The van der Waals surface area contributed by atoms with Crippen molar-refractivity contribution >= 4 is 23.6 Å². The summed E-state index contributed by atoms with van der Waals surface area (Å²) < 4.78 is 4.95. The zero-order valence-corrected chi connectivity index (χ0v) is 15.3. The Morgan fingerprint density at radius 1 is 1.28 bits per heavy atom. The highest BCUT2D eigenvalue weighted by molar-refractivity contribution is 8.01. The minimum Gasteiger partial charge on any atom is -0.481 e. The van der Waals surface area contributed by atoms with Crippen LogP contribution in [0, 0.1) is 0 Å². The maximum atomic E-state index is 13.5. The Morgan fingerprint density at radius 3 is 2.56 bits per heavy atom. The fourth-order valence-corrected chi connectivity index (χ4v) is 5.41. The molecule has 1 heterocycles. The molecule has 2 unspecified atom stereocenters. The molecular formula is C19H25NO4S. The zero-order chi connectivity index (χ0) is 17.9. The number of carbonyl (C=O) groups is 2. The lowest BCUT2D eigenvalue weighted by atomic mass is 10.0. The van der Waals surface area contributed by atoms with Crippen LogP contribution in [-0.2, 0) is 14.3 Å². The Bertz CT molecular complexity index is 615. The first-order chi connectivity index (χ1) is 12.0. The number of rotatable bonds is 6. The number of nitrogens with zero attached hydrogens (tertiary/aromatic N) is 1. The van der Waals surface area contributed by atoms with Gasteiger partial charge in [0.2, 0.25) is 5.91 Å². The van der Waals surface area contributed by atoms with E-state index in [4.69, 9.17) is 4.74 Å². The SMILES string of the molecule is COC1CC(CC(=O)O)N(C(=O)C2(Sc3ccccc3)CCCC2)C1. The van der Waals surface area contributed by atoms with Crippen LogP contribution in [0.15, 0.2) is 35.2 Å². The van der Waals surface area contributed by atoms with Crippen molar-refractivity contribution in [1.29, 1.82) is 0 Å². The van der Waals surface area contributed by atoms with Crippen LogP contribution in [0.5, 0.6) is 0 Å². The first kappa shape index (κ1) is 18.3. The number of benzene rings is 1. The minimum atomic E-state index is -0.865. The lowest BCUT2D eigenvalue weighted by molar-refractivity contribution is -0.140. The molecule has 1 saturated heterocycles. The highest BCUT2D eigenvalue weighted by atomic mass is 32.2. The first-order valence-corrected chi connectivity index (χ1v) is 9.65. The van der Waals surface area contributed by atoms with Gasteiger partial charge < -0.3 is 14.7 Å². The van der Waals surface area contributed by atoms with Crippen molar-refractivity contribution in [1.82, 2.24) is 4.90 Å². The number of aliphatic carboxylic acids is 1. The third-order valence-electron chi connectivity index (χ3n) is 5.24. The summed E-state index contributed by atoms with van der Waals surface area (Å²) in [6.45, 7) is 0.490. The van der Waals surface area contributed by atoms with Gasteiger partial charge in [-0.3, -0.25) is 9.59 Å². The highest BCUT2D eigenvalue weighted by Crippen LogP contribution is 2.47. The largest absolute Gasteiger partial charge is 0.481 e. The molecule has 1 amide bonds. The minimum absolute atomic E-state index is 0.0162. The second-order valence-electron chi connectivity index (χ2n) is 6.92. The fourth-order valence-electron chi connectivity index (χ4n) is 3.97. The van der Waals surface area contributed by atoms with Crippen LogP contribution < -0.4 is 0 Å². The number of ether oxygens (including phenoxy) is 1. The number of hydrogen-bond acceptors (Lipinski definition) is 4. The normalized spacial score (nSPS) is 25.2. The van der Waals surface area contributed by atoms with Crippen molar-refractivity contribution in [3.05, 3.63) is 30.3 Å². The molecule has 0 radical (unpaired) electrons. The second kappa shape index (κ2) is 7.79. The first-order valence-electron chi connectivity index (χ1n) is 8.84. The van der Waals surface area contributed by atoms with Gasteiger partial charge in [-0.2, -0.15) is 0 Å². The van der Waals surface area contributed by atoms with Gasteiger partial charge in [0.1, 0.15) is 0 Å². The van der Waals surface area contributed by atoms with Crippen LogP contribution in [0.2, 0.25) is 0 Å². The van der Waals surface area contributed by atoms with Crippen molar-refractivity contribution in [2.45, 2.75) is 60.3 Å². The summed E-state index contributed by atoms with van der Waals surface area (Å²) in [7, 11) is 1.63. The van der Waals surface area contributed by atoms with E-state index in [1.807, 2.05) is 30.3 Å². The number of likely N-dealkylation sites (tertiary alicyclic amines) is 1. The van der Waals surface area contributed by atoms with Gasteiger partial charge in [-0.1, -0.05) is 31.0 Å². The molecule has 0 aromatic heterocycles. The fraction of sp³-hybridized carbons (Fsp3) is 0.579. The van der Waals surface area contributed by atoms with E-state index in [2.05, 4.69) is 0 Å². The summed E-state index contributed by atoms with van der Waals surface area (Å²) in [6.07, 6.45) is 4.28. The Hall–Kier alpha value is -1.53. The summed E-state index contributed by atoms with van der Waals surface area (Å²) in [4.78, 5) is 27.6. The van der Waals surface area contributed by atoms with Gasteiger partial charge >= 0.3 is 5.97 Å². The Labute approximate surface area is 152 Å². The van der Waals surface area contributed by atoms with E-state index in [9.17, 15) is 14.7 Å². The van der Waals surface area contributed by atoms with Crippen molar-refractivity contribution in [3.8, 4) is 0 Å². The average molecular weight is 363 g/mol. The maximum absolute atomic E-state index is 13.5. The number of carboxylic acid groups (broad SMARTS) is 1. The number of carboxylic acids is 1. The van der Waals surface area contributed by atoms with E-state index >= 15 is 0 Å². The third-order valence-corrected chi connectivity index (χ3v) is 6.72. The Balaban J connectivity index is 1.82. The molecule has 6 heteroatoms. The van der Waals surface area contributed by atoms with E-state index in [-0.39, 0.29) is 24.5 Å². The molecule has 2 fully saturated rings. The lowest BCUT2D eigenvalue weighted by Crippen LogP contribution is -2.48. The van der Waals surface area contributed by atoms with Crippen LogP contribution in [0.4, 0.5) is 0 Å². The highest BCUT2D eigenvalue weighted by Gasteiger charge is 2.48. The van der Waals surface area contributed by atoms with E-state index in [1.165, 1.54) is 0 Å². The molecule has 2 atom stereocenters. The molecular weight excluding hydrogens is 338 g/mol. The van der Waals surface area contributed by atoms with Gasteiger partial charge in [-0.15, -0.1) is 11.8 Å². The molecule has 1 aliphatic heterocycles. The predicted molar refractivity (Wildman–Crippen MR) is 96.7 cm³/mol. The molecule has 3 rings (SSSR count). The molecule has 5 nitrogen and oxygen atoms in total. The maximum Gasteiger partial charge on any atom is 0.305 e. The lowest BCUT2D eigenvalue weighted by Gasteiger charge is -2.34. The van der Waals surface area contributed by atoms with Gasteiger partial charge in [0.25, 0.3) is 0 Å². The van der Waals surface area contributed by atoms with Gasteiger partial charge in [0, 0.05) is 24.6 Å². The topological polar surface area (TPSA) is 66.8 Å². The third kappa shape index (κ3) is 4.01. The number of carbonyl (C=O) groups excluding carboxylic acids is 1. The molecule has 1 N–H and O–H groups in total. The zero-order valence-electron chi connectivity index (χ0n) is 14.5. The summed E-state index contributed by atoms with van der Waals surface area (Å²) in [6, 6.07) is 9.74. The molecule has 0 spiro atoms. The quantitative estimate of drug-likeness (QED) is 0.841. The summed E-state index contributed by atoms with van der Waals surface area (Å²) in [5, 5.41) is 9.21. The Morgan fingerprint density at radius 2 is 1.96 bits per heavy atom. The van der Waals surface area contributed by atoms with Crippen LogP contribution in [0.3, 0.4) is 0 Å². The van der Waals surface area contributed by atoms with Crippen molar-refractivity contribution in [3.63, 3.8) is 0 Å². The van der Waals surface area contributed by atoms with E-state index in [1.54, 1.807) is 23.8 Å². The van der Waals surface area contributed by atoms with Crippen molar-refractivity contribution in [2.75, 3.05) is 13.7 Å². The van der Waals surface area contributed by atoms with Gasteiger partial charge in [0.15, 0.2) is 0 Å². The molecule has 0 bridgehead atoms. The van der Waals surface area contributed by atoms with Crippen LogP contribution >= 0.6 is 11.8 Å². The van der Waals surface area contributed by atoms with E-state index in [0.717, 1.165) is 30.6 Å². The van der Waals surface area contributed by atoms with Crippen LogP contribution in [0.25, 0.3) is 0 Å². The van der Waals surface area contributed by atoms with Crippen molar-refractivity contribution < 1.29 is 19.4 Å². The molecule has 25 heavy (non-hydrogen) atoms. The van der Waals surface area contributed by atoms with Gasteiger partial charge in [-0.25, -0.2) is 0 Å². The standard InChI is InChI=1S/C19H25NO4S/c1-24-15-11-14(12-17(21)22)20(13-15)18(23)19(9-5-6-10-19)25-16-7-3-2-4-8-16/h2-4,7-8,14-15H,5-6,9-13H2,1H3,(H,21,22). The monoisotopic (exact) mass is 363 g/mol. The summed E-state index contributed by atoms with van der Waals surface area (Å²) in [5.74, 6) is -0.777. The second-order valence-corrected chi connectivity index (χ2v) is 8.38. The molecule has 1 saturated carbocycles. The summed E-state index contributed by atoms with van der Waals surface area (Å²) in [5.41, 5.74) is 0. The van der Waals surface area contributed by atoms with Gasteiger partial charge in [-0.05, 0) is 31.4 Å². The number of amides is 1. The molecule has 1 aromatic rings.